The van der Waals surface area contributed by atoms with Crippen molar-refractivity contribution in [3.63, 3.8) is 0 Å². The molecule has 1 rings (SSSR count). The van der Waals surface area contributed by atoms with Crippen molar-refractivity contribution >= 4 is 29.8 Å². The highest BCUT2D eigenvalue weighted by Crippen LogP contribution is 2.07. The monoisotopic (exact) mass is 217 g/mol. The van der Waals surface area contributed by atoms with E-state index >= 15 is 0 Å². The van der Waals surface area contributed by atoms with Gasteiger partial charge >= 0.3 is 0 Å². The molecule has 13 heavy (non-hydrogen) atoms. The van der Waals surface area contributed by atoms with Crippen LogP contribution in [0.25, 0.3) is 0 Å². The van der Waals surface area contributed by atoms with E-state index in [4.69, 9.17) is 4.55 Å². The Morgan fingerprint density at radius 1 is 1.38 bits per heavy atom. The van der Waals surface area contributed by atoms with Gasteiger partial charge in [0.2, 0.25) is 0 Å². The van der Waals surface area contributed by atoms with Gasteiger partial charge < -0.3 is 4.55 Å². The van der Waals surface area contributed by atoms with Crippen LogP contribution in [0.3, 0.4) is 0 Å². The third-order valence-corrected chi connectivity index (χ3v) is 2.30. The van der Waals surface area contributed by atoms with Crippen LogP contribution in [0.4, 0.5) is 0 Å². The molecule has 0 fully saturated rings. The third kappa shape index (κ3) is 2.55. The molecular weight excluding hydrogens is 210 g/mol. The number of rotatable bonds is 2. The topological polar surface area (TPSA) is 66.4 Å². The zero-order valence-electron chi connectivity index (χ0n) is 6.43. The highest BCUT2D eigenvalue weighted by molar-refractivity contribution is 7.79. The van der Waals surface area contributed by atoms with Gasteiger partial charge in [0.15, 0.2) is 11.1 Å². The molecular formula is C7H7NO3S2. The summed E-state index contributed by atoms with van der Waals surface area (Å²) in [5.74, 6) is -0.349. The summed E-state index contributed by atoms with van der Waals surface area (Å²) in [6.07, 6.45) is 0. The average molecular weight is 217 g/mol. The highest BCUT2D eigenvalue weighted by atomic mass is 32.2. The van der Waals surface area contributed by atoms with Gasteiger partial charge in [0, 0.05) is 5.56 Å². The molecule has 0 heterocycles. The van der Waals surface area contributed by atoms with Crippen LogP contribution in [-0.4, -0.2) is 14.7 Å². The molecule has 1 amide bonds. The molecule has 0 radical (unpaired) electrons. The molecule has 0 bridgehead atoms. The number of carbonyl (C=O) groups is 1. The van der Waals surface area contributed by atoms with E-state index in [1.807, 2.05) is 0 Å². The summed E-state index contributed by atoms with van der Waals surface area (Å²) < 4.78 is 21.4. The molecule has 0 spiro atoms. The van der Waals surface area contributed by atoms with E-state index in [2.05, 4.69) is 17.5 Å². The van der Waals surface area contributed by atoms with Crippen LogP contribution in [-0.2, 0) is 11.1 Å². The van der Waals surface area contributed by atoms with Crippen LogP contribution in [0, 0.1) is 0 Å². The lowest BCUT2D eigenvalue weighted by Gasteiger charge is -1.98. The van der Waals surface area contributed by atoms with Gasteiger partial charge in [-0.1, -0.05) is 12.8 Å². The summed E-state index contributed by atoms with van der Waals surface area (Å²) in [6.45, 7) is 0. The second-order valence-electron chi connectivity index (χ2n) is 2.21. The highest BCUT2D eigenvalue weighted by Gasteiger charge is 2.04. The minimum absolute atomic E-state index is 0.260. The molecule has 1 atom stereocenters. The zero-order chi connectivity index (χ0) is 9.84. The molecule has 4 nitrogen and oxygen atoms in total. The molecule has 0 aromatic heterocycles. The SMILES string of the molecule is O=C(NS)c1ccc(S(=O)O)cc1. The summed E-state index contributed by atoms with van der Waals surface area (Å²) in [4.78, 5) is 11.2. The van der Waals surface area contributed by atoms with E-state index in [-0.39, 0.29) is 10.8 Å². The Morgan fingerprint density at radius 3 is 2.31 bits per heavy atom. The van der Waals surface area contributed by atoms with Gasteiger partial charge in [0.05, 0.1) is 4.90 Å². The van der Waals surface area contributed by atoms with Gasteiger partial charge in [-0.2, -0.15) is 0 Å². The quantitative estimate of drug-likeness (QED) is 0.508. The Hall–Kier alpha value is -0.850. The van der Waals surface area contributed by atoms with Gasteiger partial charge in [0.25, 0.3) is 5.91 Å². The standard InChI is InChI=1S/C7H7NO3S2/c9-7(8-12)5-1-3-6(4-2-5)13(10)11/h1-4,12H,(H,8,9)(H,10,11). The van der Waals surface area contributed by atoms with Crippen molar-refractivity contribution in [1.29, 1.82) is 0 Å². The first-order chi connectivity index (χ1) is 6.15. The zero-order valence-corrected chi connectivity index (χ0v) is 8.14. The van der Waals surface area contributed by atoms with Gasteiger partial charge in [-0.25, -0.2) is 4.21 Å². The van der Waals surface area contributed by atoms with Gasteiger partial charge in [0.1, 0.15) is 0 Å². The van der Waals surface area contributed by atoms with Crippen LogP contribution >= 0.6 is 12.8 Å². The van der Waals surface area contributed by atoms with Crippen molar-refractivity contribution in [1.82, 2.24) is 4.72 Å². The number of amides is 1. The molecule has 0 saturated heterocycles. The number of hydrogen-bond acceptors (Lipinski definition) is 3. The van der Waals surface area contributed by atoms with Gasteiger partial charge in [-0.3, -0.25) is 9.52 Å². The third-order valence-electron chi connectivity index (χ3n) is 1.42. The van der Waals surface area contributed by atoms with Crippen LogP contribution in [0.15, 0.2) is 29.2 Å². The lowest BCUT2D eigenvalue weighted by atomic mass is 10.2. The minimum Gasteiger partial charge on any atom is -0.302 e. The van der Waals surface area contributed by atoms with E-state index in [0.717, 1.165) is 0 Å². The molecule has 1 unspecified atom stereocenters. The number of benzene rings is 1. The summed E-state index contributed by atoms with van der Waals surface area (Å²) in [5, 5.41) is 0. The van der Waals surface area contributed by atoms with E-state index in [0.29, 0.717) is 5.56 Å². The molecule has 0 aliphatic carbocycles. The maximum atomic E-state index is 11.0. The Labute approximate surface area is 83.2 Å². The molecule has 0 aliphatic rings. The summed E-state index contributed by atoms with van der Waals surface area (Å²) in [6, 6.07) is 5.73. The maximum Gasteiger partial charge on any atom is 0.260 e. The van der Waals surface area contributed by atoms with Gasteiger partial charge in [-0.15, -0.1) is 0 Å². The molecule has 2 N–H and O–H groups in total. The predicted octanol–water partition coefficient (Wildman–Crippen LogP) is 0.842. The fourth-order valence-electron chi connectivity index (χ4n) is 0.787. The van der Waals surface area contributed by atoms with Crippen molar-refractivity contribution in [2.75, 3.05) is 0 Å². The molecule has 0 saturated carbocycles. The first kappa shape index (κ1) is 10.2. The molecule has 70 valence electrons. The largest absolute Gasteiger partial charge is 0.302 e. The first-order valence-electron chi connectivity index (χ1n) is 3.30. The van der Waals surface area contributed by atoms with E-state index in [1.54, 1.807) is 0 Å². The van der Waals surface area contributed by atoms with E-state index < -0.39 is 11.1 Å². The average Bonchev–Trinajstić information content (AvgIpc) is 2.17. The minimum atomic E-state index is -2.00. The van der Waals surface area contributed by atoms with E-state index in [9.17, 15) is 9.00 Å². The van der Waals surface area contributed by atoms with Crippen LogP contribution < -0.4 is 4.72 Å². The number of nitrogens with one attached hydrogen (secondary N) is 1. The van der Waals surface area contributed by atoms with Gasteiger partial charge in [-0.05, 0) is 24.3 Å². The molecule has 6 heteroatoms. The normalized spacial score (nSPS) is 12.2. The summed E-state index contributed by atoms with van der Waals surface area (Å²) in [7, 11) is 0. The molecule has 0 aliphatic heterocycles. The number of thiol groups is 1. The Balaban J connectivity index is 2.93. The fourth-order valence-corrected chi connectivity index (χ4v) is 1.29. The number of carbonyl (C=O) groups excluding carboxylic acids is 1. The first-order valence-corrected chi connectivity index (χ1v) is 4.86. The second kappa shape index (κ2) is 4.40. The smallest absolute Gasteiger partial charge is 0.260 e. The number of hydrogen-bond donors (Lipinski definition) is 3. The van der Waals surface area contributed by atoms with Crippen molar-refractivity contribution in [3.8, 4) is 0 Å². The maximum absolute atomic E-state index is 11.0. The fraction of sp³-hybridized carbons (Fsp3) is 0. The van der Waals surface area contributed by atoms with Crippen LogP contribution in [0.1, 0.15) is 10.4 Å². The lowest BCUT2D eigenvalue weighted by molar-refractivity contribution is 0.0985. The van der Waals surface area contributed by atoms with Crippen molar-refractivity contribution in [3.05, 3.63) is 29.8 Å². The Bertz CT molecular complexity index is 336. The lowest BCUT2D eigenvalue weighted by Crippen LogP contribution is -2.12. The predicted molar refractivity (Wildman–Crippen MR) is 51.9 cm³/mol. The molecule has 1 aromatic carbocycles. The van der Waals surface area contributed by atoms with E-state index in [1.165, 1.54) is 24.3 Å². The van der Waals surface area contributed by atoms with Crippen molar-refractivity contribution in [2.24, 2.45) is 0 Å². The van der Waals surface area contributed by atoms with Crippen molar-refractivity contribution < 1.29 is 13.6 Å². The Kier molecular flexibility index (Phi) is 3.47. The van der Waals surface area contributed by atoms with Crippen LogP contribution in [0.2, 0.25) is 0 Å². The molecule has 1 aromatic rings. The second-order valence-corrected chi connectivity index (χ2v) is 3.41. The van der Waals surface area contributed by atoms with Crippen LogP contribution in [0.5, 0.6) is 0 Å². The van der Waals surface area contributed by atoms with Crippen molar-refractivity contribution in [2.45, 2.75) is 4.90 Å². The Morgan fingerprint density at radius 2 is 1.92 bits per heavy atom. The summed E-state index contributed by atoms with van der Waals surface area (Å²) in [5.41, 5.74) is 0.393. The summed E-state index contributed by atoms with van der Waals surface area (Å²) >= 11 is 1.58.